The number of fused-ring (bicyclic) bond motifs is 1. The summed E-state index contributed by atoms with van der Waals surface area (Å²) in [6.07, 6.45) is 0.736. The maximum Gasteiger partial charge on any atom is 0.257 e. The van der Waals surface area contributed by atoms with E-state index < -0.39 is 57.0 Å². The van der Waals surface area contributed by atoms with E-state index in [-0.39, 0.29) is 35.5 Å². The lowest BCUT2D eigenvalue weighted by atomic mass is 10.0. The molecule has 12 heteroatoms. The third kappa shape index (κ3) is 4.18. The van der Waals surface area contributed by atoms with Crippen LogP contribution in [0.15, 0.2) is 24.4 Å². The number of nitrogens with one attached hydrogen (secondary N) is 2. The molecular weight excluding hydrogens is 452 g/mol. The zero-order valence-electron chi connectivity index (χ0n) is 16.8. The number of carbonyl (C=O) groups excluding carboxylic acids is 1. The minimum Gasteiger partial charge on any atom is -0.294 e. The second-order valence-electron chi connectivity index (χ2n) is 7.67. The van der Waals surface area contributed by atoms with Crippen molar-refractivity contribution >= 4 is 32.5 Å². The fourth-order valence-corrected chi connectivity index (χ4v) is 4.63. The third-order valence-electron chi connectivity index (χ3n) is 5.14. The van der Waals surface area contributed by atoms with Crippen molar-refractivity contribution in [2.45, 2.75) is 38.0 Å². The van der Waals surface area contributed by atoms with Crippen LogP contribution in [0.3, 0.4) is 0 Å². The Balaban J connectivity index is 1.62. The molecule has 1 aliphatic rings. The van der Waals surface area contributed by atoms with Crippen LogP contribution in [0.4, 0.5) is 23.2 Å². The number of H-pyrrole nitrogens is 1. The number of hydrogen-bond donors (Lipinski definition) is 2. The molecule has 4 rings (SSSR count). The number of aromatic amines is 1. The summed E-state index contributed by atoms with van der Waals surface area (Å²) in [5.41, 5.74) is -0.822. The molecule has 1 saturated carbocycles. The summed E-state index contributed by atoms with van der Waals surface area (Å²) in [5, 5.41) is 6.72. The van der Waals surface area contributed by atoms with Gasteiger partial charge in [-0.25, -0.2) is 31.0 Å². The van der Waals surface area contributed by atoms with E-state index in [1.54, 1.807) is 6.92 Å². The molecule has 1 fully saturated rings. The SMILES string of the molecule is CCCS(=O)(=O)Nc1ccc(F)c(C(=O)Cc2cnc3n[nH]c(C4CC4(F)F)c3c2)c1F. The van der Waals surface area contributed by atoms with E-state index in [9.17, 15) is 30.8 Å². The van der Waals surface area contributed by atoms with Crippen LogP contribution in [0, 0.1) is 11.6 Å². The number of carbonyl (C=O) groups is 1. The Hall–Kier alpha value is -3.02. The summed E-state index contributed by atoms with van der Waals surface area (Å²) in [4.78, 5) is 16.7. The summed E-state index contributed by atoms with van der Waals surface area (Å²) in [6.45, 7) is 1.62. The molecule has 1 aliphatic carbocycles. The second kappa shape index (κ2) is 7.84. The lowest BCUT2D eigenvalue weighted by Crippen LogP contribution is -2.19. The first-order chi connectivity index (χ1) is 15.0. The lowest BCUT2D eigenvalue weighted by molar-refractivity contribution is 0.0984. The van der Waals surface area contributed by atoms with Crippen LogP contribution in [0.2, 0.25) is 0 Å². The van der Waals surface area contributed by atoms with Crippen molar-refractivity contribution < 1.29 is 30.8 Å². The summed E-state index contributed by atoms with van der Waals surface area (Å²) in [6, 6.07) is 3.12. The molecule has 0 amide bonds. The largest absolute Gasteiger partial charge is 0.294 e. The number of pyridine rings is 1. The molecule has 2 heterocycles. The number of Topliss-reactive ketones (excluding diaryl/α,β-unsaturated/α-hetero) is 1. The fraction of sp³-hybridized carbons (Fsp3) is 0.350. The number of rotatable bonds is 8. The van der Waals surface area contributed by atoms with Crippen LogP contribution in [0.25, 0.3) is 11.0 Å². The molecule has 32 heavy (non-hydrogen) atoms. The molecule has 3 aromatic rings. The highest BCUT2D eigenvalue weighted by Crippen LogP contribution is 2.56. The Morgan fingerprint density at radius 3 is 2.69 bits per heavy atom. The van der Waals surface area contributed by atoms with Crippen LogP contribution in [-0.4, -0.2) is 41.1 Å². The van der Waals surface area contributed by atoms with Gasteiger partial charge in [-0.05, 0) is 30.2 Å². The fourth-order valence-electron chi connectivity index (χ4n) is 3.50. The Morgan fingerprint density at radius 2 is 2.03 bits per heavy atom. The Morgan fingerprint density at radius 1 is 1.31 bits per heavy atom. The van der Waals surface area contributed by atoms with Crippen molar-refractivity contribution in [3.05, 3.63) is 52.9 Å². The Bertz CT molecular complexity index is 1320. The van der Waals surface area contributed by atoms with Gasteiger partial charge in [-0.1, -0.05) is 6.92 Å². The van der Waals surface area contributed by atoms with Gasteiger partial charge in [-0.2, -0.15) is 5.10 Å². The molecule has 2 N–H and O–H groups in total. The molecule has 170 valence electrons. The molecular formula is C20H18F4N4O3S. The maximum absolute atomic E-state index is 14.8. The zero-order chi connectivity index (χ0) is 23.3. The zero-order valence-corrected chi connectivity index (χ0v) is 17.6. The van der Waals surface area contributed by atoms with E-state index in [1.807, 2.05) is 4.72 Å². The lowest BCUT2D eigenvalue weighted by Gasteiger charge is -2.11. The smallest absolute Gasteiger partial charge is 0.257 e. The van der Waals surface area contributed by atoms with Crippen LogP contribution in [-0.2, 0) is 16.4 Å². The molecule has 1 atom stereocenters. The molecule has 0 bridgehead atoms. The average Bonchev–Trinajstić information content (AvgIpc) is 3.14. The summed E-state index contributed by atoms with van der Waals surface area (Å²) in [5.74, 6) is -7.58. The normalized spacial score (nSPS) is 17.5. The molecule has 1 aromatic carbocycles. The van der Waals surface area contributed by atoms with Crippen molar-refractivity contribution in [2.24, 2.45) is 0 Å². The van der Waals surface area contributed by atoms with Gasteiger partial charge in [-0.3, -0.25) is 14.6 Å². The topological polar surface area (TPSA) is 105 Å². The van der Waals surface area contributed by atoms with E-state index in [0.717, 1.165) is 12.1 Å². The van der Waals surface area contributed by atoms with Crippen molar-refractivity contribution in [3.8, 4) is 0 Å². The van der Waals surface area contributed by atoms with Gasteiger partial charge in [0, 0.05) is 24.4 Å². The van der Waals surface area contributed by atoms with Crippen molar-refractivity contribution in [3.63, 3.8) is 0 Å². The Kier molecular flexibility index (Phi) is 5.43. The first kappa shape index (κ1) is 22.2. The summed E-state index contributed by atoms with van der Waals surface area (Å²) < 4.78 is 81.9. The van der Waals surface area contributed by atoms with Gasteiger partial charge in [0.2, 0.25) is 10.0 Å². The van der Waals surface area contributed by atoms with Crippen LogP contribution >= 0.6 is 0 Å². The predicted octanol–water partition coefficient (Wildman–Crippen LogP) is 3.94. The van der Waals surface area contributed by atoms with Crippen LogP contribution < -0.4 is 4.72 Å². The molecule has 0 saturated heterocycles. The van der Waals surface area contributed by atoms with Crippen molar-refractivity contribution in [1.82, 2.24) is 15.2 Å². The van der Waals surface area contributed by atoms with Gasteiger partial charge in [0.05, 0.1) is 28.6 Å². The maximum atomic E-state index is 14.8. The van der Waals surface area contributed by atoms with Gasteiger partial charge in [-0.15, -0.1) is 0 Å². The van der Waals surface area contributed by atoms with Gasteiger partial charge < -0.3 is 0 Å². The molecule has 7 nitrogen and oxygen atoms in total. The van der Waals surface area contributed by atoms with Gasteiger partial charge >= 0.3 is 0 Å². The number of nitrogens with zero attached hydrogens (tertiary/aromatic N) is 2. The standard InChI is InChI=1S/C20H18F4N4O3S/c1-2-5-32(30,31)28-14-4-3-13(21)16(17(14)22)15(29)7-10-6-11-18(12-8-20(12,23)24)26-27-19(11)25-9-10/h3-4,6,9,12,28H,2,5,7-8H2,1H3,(H,25,26,27). The van der Waals surface area contributed by atoms with E-state index >= 15 is 0 Å². The van der Waals surface area contributed by atoms with Crippen molar-refractivity contribution in [2.75, 3.05) is 10.5 Å². The van der Waals surface area contributed by atoms with E-state index in [0.29, 0.717) is 5.39 Å². The first-order valence-electron chi connectivity index (χ1n) is 9.75. The molecule has 2 aromatic heterocycles. The Labute approximate surface area is 180 Å². The monoisotopic (exact) mass is 470 g/mol. The molecule has 0 spiro atoms. The highest BCUT2D eigenvalue weighted by atomic mass is 32.2. The number of aromatic nitrogens is 3. The van der Waals surface area contributed by atoms with E-state index in [1.165, 1.54) is 12.3 Å². The minimum atomic E-state index is -3.86. The summed E-state index contributed by atoms with van der Waals surface area (Å²) in [7, 11) is -3.86. The van der Waals surface area contributed by atoms with Gasteiger partial charge in [0.1, 0.15) is 5.82 Å². The highest BCUT2D eigenvalue weighted by molar-refractivity contribution is 7.92. The molecule has 0 aliphatic heterocycles. The number of halogens is 4. The first-order valence-corrected chi connectivity index (χ1v) is 11.4. The predicted molar refractivity (Wildman–Crippen MR) is 108 cm³/mol. The average molecular weight is 470 g/mol. The number of anilines is 1. The third-order valence-corrected chi connectivity index (χ3v) is 6.62. The van der Waals surface area contributed by atoms with Gasteiger partial charge in [0.25, 0.3) is 5.92 Å². The number of alkyl halides is 2. The number of sulfonamides is 1. The molecule has 0 radical (unpaired) electrons. The van der Waals surface area contributed by atoms with E-state index in [4.69, 9.17) is 0 Å². The van der Waals surface area contributed by atoms with E-state index in [2.05, 4.69) is 15.2 Å². The van der Waals surface area contributed by atoms with Gasteiger partial charge in [0.15, 0.2) is 17.2 Å². The van der Waals surface area contributed by atoms with Crippen LogP contribution in [0.1, 0.15) is 47.3 Å². The number of ketones is 1. The second-order valence-corrected chi connectivity index (χ2v) is 9.52. The number of hydrogen-bond acceptors (Lipinski definition) is 5. The minimum absolute atomic E-state index is 0.184. The highest BCUT2D eigenvalue weighted by Gasteiger charge is 2.59. The van der Waals surface area contributed by atoms with Crippen molar-refractivity contribution in [1.29, 1.82) is 0 Å². The van der Waals surface area contributed by atoms with Crippen LogP contribution in [0.5, 0.6) is 0 Å². The summed E-state index contributed by atoms with van der Waals surface area (Å²) >= 11 is 0. The molecule has 1 unspecified atom stereocenters. The number of benzene rings is 1. The quantitative estimate of drug-likeness (QED) is 0.383.